The molecule has 2 aromatic carbocycles. The second-order valence-corrected chi connectivity index (χ2v) is 4.84. The maximum atomic E-state index is 11.1. The number of rotatable bonds is 1. The lowest BCUT2D eigenvalue weighted by atomic mass is 10.1. The van der Waals surface area contributed by atoms with E-state index in [9.17, 15) is 8.42 Å². The minimum Gasteiger partial charge on any atom is -0.398 e. The van der Waals surface area contributed by atoms with Gasteiger partial charge in [0.05, 0.1) is 4.90 Å². The Balaban J connectivity index is 2.79. The number of hydrogen-bond donors (Lipinski definition) is 2. The minimum absolute atomic E-state index is 0.0978. The van der Waals surface area contributed by atoms with Gasteiger partial charge in [-0.1, -0.05) is 18.2 Å². The molecule has 0 aliphatic heterocycles. The SMILES string of the molecule is Nc1cccc2cc(S(N)(=O)=O)ccc12. The van der Waals surface area contributed by atoms with Gasteiger partial charge in [0.1, 0.15) is 0 Å². The highest BCUT2D eigenvalue weighted by atomic mass is 32.2. The molecule has 0 spiro atoms. The van der Waals surface area contributed by atoms with Gasteiger partial charge in [-0.15, -0.1) is 0 Å². The second-order valence-electron chi connectivity index (χ2n) is 3.28. The van der Waals surface area contributed by atoms with Crippen molar-refractivity contribution in [1.29, 1.82) is 0 Å². The Morgan fingerprint density at radius 1 is 1.07 bits per heavy atom. The van der Waals surface area contributed by atoms with E-state index in [1.165, 1.54) is 12.1 Å². The van der Waals surface area contributed by atoms with E-state index in [4.69, 9.17) is 10.9 Å². The van der Waals surface area contributed by atoms with Crippen molar-refractivity contribution in [3.63, 3.8) is 0 Å². The van der Waals surface area contributed by atoms with Crippen LogP contribution >= 0.6 is 0 Å². The highest BCUT2D eigenvalue weighted by Gasteiger charge is 2.08. The minimum atomic E-state index is -3.65. The fourth-order valence-corrected chi connectivity index (χ4v) is 2.01. The fraction of sp³-hybridized carbons (Fsp3) is 0. The molecule has 0 radical (unpaired) electrons. The molecule has 0 heterocycles. The van der Waals surface area contributed by atoms with E-state index in [0.29, 0.717) is 5.69 Å². The Bertz CT molecular complexity index is 620. The van der Waals surface area contributed by atoms with Crippen molar-refractivity contribution in [2.75, 3.05) is 5.73 Å². The van der Waals surface area contributed by atoms with E-state index in [0.717, 1.165) is 10.8 Å². The van der Waals surface area contributed by atoms with Crippen molar-refractivity contribution < 1.29 is 8.42 Å². The van der Waals surface area contributed by atoms with Crippen LogP contribution in [0.15, 0.2) is 41.3 Å². The van der Waals surface area contributed by atoms with Gasteiger partial charge in [-0.05, 0) is 23.6 Å². The third-order valence-electron chi connectivity index (χ3n) is 2.21. The van der Waals surface area contributed by atoms with E-state index in [1.54, 1.807) is 24.3 Å². The summed E-state index contributed by atoms with van der Waals surface area (Å²) in [5.41, 5.74) is 6.35. The third kappa shape index (κ3) is 1.79. The van der Waals surface area contributed by atoms with E-state index in [2.05, 4.69) is 0 Å². The van der Waals surface area contributed by atoms with Crippen LogP contribution in [-0.4, -0.2) is 8.42 Å². The third-order valence-corrected chi connectivity index (χ3v) is 3.13. The van der Waals surface area contributed by atoms with Gasteiger partial charge in [-0.2, -0.15) is 0 Å². The number of nitrogen functional groups attached to an aromatic ring is 1. The van der Waals surface area contributed by atoms with E-state index >= 15 is 0 Å². The molecule has 0 atom stereocenters. The molecule has 2 aromatic rings. The van der Waals surface area contributed by atoms with Crippen molar-refractivity contribution in [2.45, 2.75) is 4.90 Å². The molecule has 0 aliphatic rings. The van der Waals surface area contributed by atoms with Gasteiger partial charge in [-0.25, -0.2) is 13.6 Å². The molecule has 0 saturated heterocycles. The predicted octanol–water partition coefficient (Wildman–Crippen LogP) is 1.07. The van der Waals surface area contributed by atoms with Gasteiger partial charge >= 0.3 is 0 Å². The lowest BCUT2D eigenvalue weighted by molar-refractivity contribution is 0.598. The van der Waals surface area contributed by atoms with E-state index in [-0.39, 0.29) is 4.90 Å². The van der Waals surface area contributed by atoms with Gasteiger partial charge in [-0.3, -0.25) is 0 Å². The molecule has 2 rings (SSSR count). The summed E-state index contributed by atoms with van der Waals surface area (Å²) >= 11 is 0. The summed E-state index contributed by atoms with van der Waals surface area (Å²) in [5.74, 6) is 0. The molecule has 78 valence electrons. The largest absolute Gasteiger partial charge is 0.398 e. The molecule has 0 saturated carbocycles. The first kappa shape index (κ1) is 9.95. The van der Waals surface area contributed by atoms with Crippen molar-refractivity contribution in [3.8, 4) is 0 Å². The normalized spacial score (nSPS) is 11.8. The number of fused-ring (bicyclic) bond motifs is 1. The summed E-state index contributed by atoms with van der Waals surface area (Å²) < 4.78 is 22.2. The molecule has 0 unspecified atom stereocenters. The van der Waals surface area contributed by atoms with E-state index < -0.39 is 10.0 Å². The van der Waals surface area contributed by atoms with E-state index in [1.807, 2.05) is 0 Å². The highest BCUT2D eigenvalue weighted by Crippen LogP contribution is 2.23. The number of hydrogen-bond acceptors (Lipinski definition) is 3. The maximum Gasteiger partial charge on any atom is 0.238 e. The van der Waals surface area contributed by atoms with Crippen LogP contribution in [0.5, 0.6) is 0 Å². The summed E-state index contributed by atoms with van der Waals surface area (Å²) in [6.45, 7) is 0. The molecule has 4 nitrogen and oxygen atoms in total. The fourth-order valence-electron chi connectivity index (χ4n) is 1.46. The van der Waals surface area contributed by atoms with Crippen LogP contribution in [0.2, 0.25) is 0 Å². The molecule has 0 bridgehead atoms. The summed E-state index contributed by atoms with van der Waals surface area (Å²) in [6, 6.07) is 9.95. The zero-order valence-electron chi connectivity index (χ0n) is 7.84. The van der Waals surface area contributed by atoms with Crippen LogP contribution in [0.3, 0.4) is 0 Å². The van der Waals surface area contributed by atoms with Crippen molar-refractivity contribution in [3.05, 3.63) is 36.4 Å². The van der Waals surface area contributed by atoms with Gasteiger partial charge in [0.2, 0.25) is 10.0 Å². The number of benzene rings is 2. The van der Waals surface area contributed by atoms with Gasteiger partial charge in [0.15, 0.2) is 0 Å². The first-order valence-corrected chi connectivity index (χ1v) is 5.84. The lowest BCUT2D eigenvalue weighted by Crippen LogP contribution is -2.11. The van der Waals surface area contributed by atoms with Crippen LogP contribution in [0.25, 0.3) is 10.8 Å². The molecule has 0 aliphatic carbocycles. The number of nitrogens with two attached hydrogens (primary N) is 2. The summed E-state index contributed by atoms with van der Waals surface area (Å²) in [7, 11) is -3.65. The van der Waals surface area contributed by atoms with Crippen molar-refractivity contribution in [1.82, 2.24) is 0 Å². The van der Waals surface area contributed by atoms with Crippen molar-refractivity contribution in [2.24, 2.45) is 5.14 Å². The molecule has 0 amide bonds. The van der Waals surface area contributed by atoms with Crippen LogP contribution in [0.1, 0.15) is 0 Å². The highest BCUT2D eigenvalue weighted by molar-refractivity contribution is 7.89. The zero-order valence-corrected chi connectivity index (χ0v) is 8.66. The first-order valence-electron chi connectivity index (χ1n) is 4.29. The van der Waals surface area contributed by atoms with Gasteiger partial charge in [0, 0.05) is 11.1 Å². The smallest absolute Gasteiger partial charge is 0.238 e. The Morgan fingerprint density at radius 3 is 2.47 bits per heavy atom. The Morgan fingerprint density at radius 2 is 1.80 bits per heavy atom. The summed E-state index contributed by atoms with van der Waals surface area (Å²) in [5, 5.41) is 6.62. The average Bonchev–Trinajstić information content (AvgIpc) is 2.16. The number of sulfonamides is 1. The Hall–Kier alpha value is -1.59. The van der Waals surface area contributed by atoms with Gasteiger partial charge in [0.25, 0.3) is 0 Å². The molecule has 15 heavy (non-hydrogen) atoms. The zero-order chi connectivity index (χ0) is 11.1. The Labute approximate surface area is 87.6 Å². The molecule has 0 fully saturated rings. The van der Waals surface area contributed by atoms with Crippen LogP contribution < -0.4 is 10.9 Å². The monoisotopic (exact) mass is 222 g/mol. The summed E-state index contributed by atoms with van der Waals surface area (Å²) in [6.07, 6.45) is 0. The predicted molar refractivity (Wildman–Crippen MR) is 59.7 cm³/mol. The first-order chi connectivity index (χ1) is 6.98. The second kappa shape index (κ2) is 3.22. The Kier molecular flexibility index (Phi) is 2.13. The standard InChI is InChI=1S/C10H10N2O2S/c11-10-3-1-2-7-6-8(15(12,13)14)4-5-9(7)10/h1-6H,11H2,(H2,12,13,14). The average molecular weight is 222 g/mol. The molecular weight excluding hydrogens is 212 g/mol. The topological polar surface area (TPSA) is 86.2 Å². The van der Waals surface area contributed by atoms with Crippen LogP contribution in [0.4, 0.5) is 5.69 Å². The number of primary sulfonamides is 1. The number of anilines is 1. The quantitative estimate of drug-likeness (QED) is 0.707. The molecule has 0 aromatic heterocycles. The molecule has 5 heteroatoms. The lowest BCUT2D eigenvalue weighted by Gasteiger charge is -2.03. The molecular formula is C10H10N2O2S. The van der Waals surface area contributed by atoms with Crippen LogP contribution in [-0.2, 0) is 10.0 Å². The van der Waals surface area contributed by atoms with Crippen molar-refractivity contribution >= 4 is 26.5 Å². The maximum absolute atomic E-state index is 11.1. The molecule has 4 N–H and O–H groups in total. The summed E-state index contributed by atoms with van der Waals surface area (Å²) in [4.78, 5) is 0.0978. The van der Waals surface area contributed by atoms with Crippen LogP contribution in [0, 0.1) is 0 Å². The van der Waals surface area contributed by atoms with Gasteiger partial charge < -0.3 is 5.73 Å².